The second kappa shape index (κ2) is 16.3. The predicted molar refractivity (Wildman–Crippen MR) is 139 cm³/mol. The Labute approximate surface area is 206 Å². The fourth-order valence-corrected chi connectivity index (χ4v) is 4.21. The SMILES string of the molecule is CC(C)CN(C(=O)CCOc1ccccc1)C1CCCCC1.CNCCN(C)Cc1cn[nH]c1. The number of rotatable bonds is 12. The fourth-order valence-electron chi connectivity index (χ4n) is 4.21. The molecule has 1 heterocycles. The minimum atomic E-state index is 0.247. The van der Waals surface area contributed by atoms with Gasteiger partial charge in [-0.1, -0.05) is 51.3 Å². The van der Waals surface area contributed by atoms with Gasteiger partial charge in [-0.2, -0.15) is 5.10 Å². The van der Waals surface area contributed by atoms with E-state index >= 15 is 0 Å². The van der Waals surface area contributed by atoms with E-state index in [9.17, 15) is 4.79 Å². The third-order valence-corrected chi connectivity index (χ3v) is 5.98. The Morgan fingerprint density at radius 2 is 1.94 bits per heavy atom. The minimum Gasteiger partial charge on any atom is -0.493 e. The normalized spacial score (nSPS) is 14.1. The summed E-state index contributed by atoms with van der Waals surface area (Å²) in [6, 6.07) is 10.2. The lowest BCUT2D eigenvalue weighted by molar-refractivity contribution is -0.135. The quantitative estimate of drug-likeness (QED) is 0.482. The van der Waals surface area contributed by atoms with Crippen molar-refractivity contribution in [3.63, 3.8) is 0 Å². The monoisotopic (exact) mass is 471 g/mol. The van der Waals surface area contributed by atoms with E-state index in [-0.39, 0.29) is 5.91 Å². The number of benzene rings is 1. The largest absolute Gasteiger partial charge is 0.493 e. The van der Waals surface area contributed by atoms with Crippen LogP contribution in [0.15, 0.2) is 42.7 Å². The zero-order valence-electron chi connectivity index (χ0n) is 21.6. The van der Waals surface area contributed by atoms with E-state index < -0.39 is 0 Å². The molecule has 1 aromatic carbocycles. The van der Waals surface area contributed by atoms with Gasteiger partial charge in [-0.15, -0.1) is 0 Å². The minimum absolute atomic E-state index is 0.247. The van der Waals surface area contributed by atoms with Gasteiger partial charge in [0.1, 0.15) is 5.75 Å². The first-order valence-electron chi connectivity index (χ1n) is 12.8. The van der Waals surface area contributed by atoms with Gasteiger partial charge >= 0.3 is 0 Å². The number of hydrogen-bond donors (Lipinski definition) is 2. The second-order valence-electron chi connectivity index (χ2n) is 9.59. The number of H-pyrrole nitrogens is 1. The molecule has 3 rings (SSSR count). The molecule has 0 radical (unpaired) electrons. The molecular weight excluding hydrogens is 426 g/mol. The zero-order chi connectivity index (χ0) is 24.6. The number of nitrogens with one attached hydrogen (secondary N) is 2. The molecule has 190 valence electrons. The molecule has 0 bridgehead atoms. The van der Waals surface area contributed by atoms with Crippen molar-refractivity contribution < 1.29 is 9.53 Å². The van der Waals surface area contributed by atoms with Crippen LogP contribution in [0.4, 0.5) is 0 Å². The summed E-state index contributed by atoms with van der Waals surface area (Å²) in [5, 5.41) is 9.80. The van der Waals surface area contributed by atoms with Gasteiger partial charge in [-0.25, -0.2) is 0 Å². The molecule has 0 unspecified atom stereocenters. The van der Waals surface area contributed by atoms with Crippen LogP contribution in [0.1, 0.15) is 57.9 Å². The fraction of sp³-hybridized carbons (Fsp3) is 0.630. The maximum absolute atomic E-state index is 12.6. The lowest BCUT2D eigenvalue weighted by atomic mass is 9.93. The third-order valence-electron chi connectivity index (χ3n) is 5.98. The predicted octanol–water partition coefficient (Wildman–Crippen LogP) is 4.33. The van der Waals surface area contributed by atoms with Crippen molar-refractivity contribution in [2.45, 2.75) is 65.0 Å². The molecule has 1 fully saturated rings. The number of carbonyl (C=O) groups is 1. The Morgan fingerprint density at radius 3 is 2.56 bits per heavy atom. The van der Waals surface area contributed by atoms with Gasteiger partial charge in [0.05, 0.1) is 19.2 Å². The molecule has 1 saturated carbocycles. The van der Waals surface area contributed by atoms with Gasteiger partial charge in [-0.05, 0) is 45.0 Å². The van der Waals surface area contributed by atoms with Gasteiger partial charge in [0, 0.05) is 44.0 Å². The van der Waals surface area contributed by atoms with E-state index in [0.717, 1.165) is 44.8 Å². The summed E-state index contributed by atoms with van der Waals surface area (Å²) in [5.74, 6) is 1.60. The van der Waals surface area contributed by atoms with E-state index in [4.69, 9.17) is 4.74 Å². The molecule has 1 aliphatic carbocycles. The highest BCUT2D eigenvalue weighted by Crippen LogP contribution is 2.24. The number of likely N-dealkylation sites (N-methyl/N-ethyl adjacent to an activating group) is 2. The summed E-state index contributed by atoms with van der Waals surface area (Å²) in [6.07, 6.45) is 10.4. The van der Waals surface area contributed by atoms with Crippen molar-refractivity contribution in [3.05, 3.63) is 48.3 Å². The van der Waals surface area contributed by atoms with Crippen LogP contribution in [0.2, 0.25) is 0 Å². The molecule has 1 aromatic heterocycles. The van der Waals surface area contributed by atoms with Gasteiger partial charge in [0.2, 0.25) is 5.91 Å². The first-order chi connectivity index (χ1) is 16.5. The van der Waals surface area contributed by atoms with Crippen LogP contribution in [0.25, 0.3) is 0 Å². The molecule has 0 saturated heterocycles. The standard InChI is InChI=1S/C19H29NO2.C8H16N4/c1-16(2)15-20(17-9-5-3-6-10-17)19(21)13-14-22-18-11-7-4-8-12-18;1-9-3-4-12(2)7-8-5-10-11-6-8/h4,7-8,11-12,16-17H,3,5-6,9-10,13-15H2,1-2H3;5-6,9H,3-4,7H2,1-2H3,(H,10,11). The molecule has 34 heavy (non-hydrogen) atoms. The highest BCUT2D eigenvalue weighted by molar-refractivity contribution is 5.76. The number of carbonyl (C=O) groups excluding carboxylic acids is 1. The van der Waals surface area contributed by atoms with Crippen LogP contribution < -0.4 is 10.1 Å². The van der Waals surface area contributed by atoms with E-state index in [2.05, 4.69) is 46.2 Å². The lowest BCUT2D eigenvalue weighted by Crippen LogP contribution is -2.43. The van der Waals surface area contributed by atoms with E-state index in [1.54, 1.807) is 0 Å². The van der Waals surface area contributed by atoms with Crippen LogP contribution in [0.5, 0.6) is 5.75 Å². The Bertz CT molecular complexity index is 761. The number of hydrogen-bond acceptors (Lipinski definition) is 5. The van der Waals surface area contributed by atoms with Crippen molar-refractivity contribution in [3.8, 4) is 5.75 Å². The highest BCUT2D eigenvalue weighted by atomic mass is 16.5. The molecule has 1 aliphatic rings. The second-order valence-corrected chi connectivity index (χ2v) is 9.59. The molecule has 1 amide bonds. The summed E-state index contributed by atoms with van der Waals surface area (Å²) in [6.45, 7) is 8.74. The van der Waals surface area contributed by atoms with Crippen LogP contribution >= 0.6 is 0 Å². The van der Waals surface area contributed by atoms with Crippen LogP contribution in [-0.4, -0.2) is 72.3 Å². The van der Waals surface area contributed by atoms with E-state index in [0.29, 0.717) is 25.0 Å². The number of ether oxygens (including phenoxy) is 1. The molecular formula is C27H45N5O2. The Hall–Kier alpha value is -2.38. The summed E-state index contributed by atoms with van der Waals surface area (Å²) in [5.41, 5.74) is 1.23. The summed E-state index contributed by atoms with van der Waals surface area (Å²) < 4.78 is 5.67. The Kier molecular flexibility index (Phi) is 13.3. The first kappa shape index (κ1) is 27.9. The van der Waals surface area contributed by atoms with E-state index in [1.807, 2.05) is 49.8 Å². The van der Waals surface area contributed by atoms with E-state index in [1.165, 1.54) is 24.8 Å². The average Bonchev–Trinajstić information content (AvgIpc) is 3.35. The smallest absolute Gasteiger partial charge is 0.226 e. The number of amides is 1. The maximum atomic E-state index is 12.6. The van der Waals surface area contributed by atoms with Crippen molar-refractivity contribution in [1.82, 2.24) is 25.3 Å². The number of aromatic amines is 1. The number of para-hydroxylation sites is 1. The lowest BCUT2D eigenvalue weighted by Gasteiger charge is -2.35. The van der Waals surface area contributed by atoms with Gasteiger partial charge in [0.15, 0.2) is 0 Å². The molecule has 7 heteroatoms. The summed E-state index contributed by atoms with van der Waals surface area (Å²) in [7, 11) is 4.07. The van der Waals surface area contributed by atoms with Crippen molar-refractivity contribution in [2.75, 3.05) is 40.3 Å². The molecule has 7 nitrogen and oxygen atoms in total. The first-order valence-corrected chi connectivity index (χ1v) is 12.8. The van der Waals surface area contributed by atoms with Crippen LogP contribution in [0.3, 0.4) is 0 Å². The van der Waals surface area contributed by atoms with Crippen molar-refractivity contribution in [1.29, 1.82) is 0 Å². The maximum Gasteiger partial charge on any atom is 0.226 e. The number of nitrogens with zero attached hydrogens (tertiary/aromatic N) is 3. The zero-order valence-corrected chi connectivity index (χ0v) is 21.6. The highest BCUT2D eigenvalue weighted by Gasteiger charge is 2.25. The van der Waals surface area contributed by atoms with Crippen molar-refractivity contribution in [2.24, 2.45) is 5.92 Å². The third kappa shape index (κ3) is 11.2. The molecule has 0 spiro atoms. The molecule has 2 aromatic rings. The summed E-state index contributed by atoms with van der Waals surface area (Å²) in [4.78, 5) is 17.0. The topological polar surface area (TPSA) is 73.5 Å². The summed E-state index contributed by atoms with van der Waals surface area (Å²) >= 11 is 0. The molecule has 0 atom stereocenters. The number of aromatic nitrogens is 2. The van der Waals surface area contributed by atoms with Gasteiger partial charge < -0.3 is 19.9 Å². The molecule has 0 aliphatic heterocycles. The van der Waals surface area contributed by atoms with Gasteiger partial charge in [-0.3, -0.25) is 9.89 Å². The van der Waals surface area contributed by atoms with Crippen molar-refractivity contribution >= 4 is 5.91 Å². The molecule has 2 N–H and O–H groups in total. The van der Waals surface area contributed by atoms with Crippen LogP contribution in [-0.2, 0) is 11.3 Å². The average molecular weight is 472 g/mol. The van der Waals surface area contributed by atoms with Crippen LogP contribution in [0, 0.1) is 5.92 Å². The Balaban J connectivity index is 0.000000287. The Morgan fingerprint density at radius 1 is 1.21 bits per heavy atom. The van der Waals surface area contributed by atoms with Gasteiger partial charge in [0.25, 0.3) is 0 Å².